The molecule has 72 valence electrons. The van der Waals surface area contributed by atoms with E-state index in [1.54, 1.807) is 6.92 Å². The number of hydrogen-bond donors (Lipinski definition) is 1. The van der Waals surface area contributed by atoms with Gasteiger partial charge in [-0.25, -0.2) is 0 Å². The lowest BCUT2D eigenvalue weighted by molar-refractivity contribution is -0.385. The number of rotatable bonds is 2. The van der Waals surface area contributed by atoms with Crippen molar-refractivity contribution >= 4 is 5.69 Å². The lowest BCUT2D eigenvalue weighted by Crippen LogP contribution is -1.97. The minimum Gasteiger partial charge on any atom is -0.508 e. The van der Waals surface area contributed by atoms with E-state index < -0.39 is 4.92 Å². The normalized spacial score (nSPS) is 11.7. The molecule has 1 rings (SSSR count). The van der Waals surface area contributed by atoms with Crippen molar-refractivity contribution in [3.05, 3.63) is 33.9 Å². The van der Waals surface area contributed by atoms with Crippen LogP contribution in [-0.4, -0.2) is 10.0 Å². The van der Waals surface area contributed by atoms with Gasteiger partial charge in [0.05, 0.1) is 4.92 Å². The van der Waals surface area contributed by atoms with E-state index in [1.165, 1.54) is 18.2 Å². The predicted octanol–water partition coefficient (Wildman–Crippen LogP) is 2.04. The third kappa shape index (κ3) is 1.83. The molecule has 0 bridgehead atoms. The van der Waals surface area contributed by atoms with Crippen molar-refractivity contribution < 1.29 is 10.0 Å². The molecule has 14 heavy (non-hydrogen) atoms. The van der Waals surface area contributed by atoms with Crippen molar-refractivity contribution in [1.29, 1.82) is 0 Å². The number of hydrogen-bond acceptors (Lipinski definition) is 3. The summed E-state index contributed by atoms with van der Waals surface area (Å²) in [6.45, 7) is 1.67. The Morgan fingerprint density at radius 2 is 2.29 bits per heavy atom. The van der Waals surface area contributed by atoms with Crippen LogP contribution in [0.3, 0.4) is 0 Å². The van der Waals surface area contributed by atoms with Crippen LogP contribution in [0.4, 0.5) is 5.69 Å². The lowest BCUT2D eigenvalue weighted by Gasteiger charge is -2.05. The van der Waals surface area contributed by atoms with E-state index in [2.05, 4.69) is 5.92 Å². The quantitative estimate of drug-likeness (QED) is 0.442. The van der Waals surface area contributed by atoms with Gasteiger partial charge < -0.3 is 5.11 Å². The first-order chi connectivity index (χ1) is 6.56. The molecule has 0 aliphatic carbocycles. The van der Waals surface area contributed by atoms with Gasteiger partial charge in [0.1, 0.15) is 5.75 Å². The van der Waals surface area contributed by atoms with E-state index in [0.29, 0.717) is 5.56 Å². The van der Waals surface area contributed by atoms with Gasteiger partial charge in [-0.2, -0.15) is 0 Å². The molecular weight excluding hydrogens is 182 g/mol. The van der Waals surface area contributed by atoms with Gasteiger partial charge >= 0.3 is 0 Å². The van der Waals surface area contributed by atoms with Crippen LogP contribution in [0.15, 0.2) is 18.2 Å². The Hall–Kier alpha value is -2.02. The topological polar surface area (TPSA) is 63.4 Å². The second-order valence-corrected chi connectivity index (χ2v) is 2.89. The van der Waals surface area contributed by atoms with Crippen molar-refractivity contribution in [1.82, 2.24) is 0 Å². The van der Waals surface area contributed by atoms with Crippen LogP contribution in [0.2, 0.25) is 0 Å². The fourth-order valence-electron chi connectivity index (χ4n) is 1.14. The predicted molar refractivity (Wildman–Crippen MR) is 52.0 cm³/mol. The third-order valence-corrected chi connectivity index (χ3v) is 1.92. The molecule has 0 amide bonds. The van der Waals surface area contributed by atoms with Gasteiger partial charge in [-0.15, -0.1) is 6.42 Å². The highest BCUT2D eigenvalue weighted by Crippen LogP contribution is 2.29. The number of nitrogens with zero attached hydrogens (tertiary/aromatic N) is 1. The Kier molecular flexibility index (Phi) is 2.73. The maximum atomic E-state index is 10.6. The summed E-state index contributed by atoms with van der Waals surface area (Å²) < 4.78 is 0. The molecule has 0 aliphatic rings. The Morgan fingerprint density at radius 3 is 2.79 bits per heavy atom. The zero-order valence-corrected chi connectivity index (χ0v) is 7.60. The van der Waals surface area contributed by atoms with Crippen molar-refractivity contribution in [3.8, 4) is 18.1 Å². The highest BCUT2D eigenvalue weighted by Gasteiger charge is 2.17. The smallest absolute Gasteiger partial charge is 0.274 e. The maximum Gasteiger partial charge on any atom is 0.274 e. The third-order valence-electron chi connectivity index (χ3n) is 1.92. The number of nitro groups is 1. The average Bonchev–Trinajstić information content (AvgIpc) is 2.16. The highest BCUT2D eigenvalue weighted by molar-refractivity contribution is 5.48. The molecule has 0 aromatic heterocycles. The van der Waals surface area contributed by atoms with Gasteiger partial charge in [-0.05, 0) is 19.1 Å². The summed E-state index contributed by atoms with van der Waals surface area (Å²) in [6.07, 6.45) is 5.17. The summed E-state index contributed by atoms with van der Waals surface area (Å²) in [5.41, 5.74) is 0.297. The molecule has 1 aromatic rings. The maximum absolute atomic E-state index is 10.6. The molecule has 4 heteroatoms. The standard InChI is InChI=1S/C10H9NO3/c1-3-7(2)9-6-8(12)4-5-10(9)11(13)14/h1,4-7,12H,2H3. The van der Waals surface area contributed by atoms with Crippen LogP contribution < -0.4 is 0 Å². The molecule has 0 saturated carbocycles. The molecule has 1 atom stereocenters. The number of aromatic hydroxyl groups is 1. The molecule has 1 unspecified atom stereocenters. The first kappa shape index (κ1) is 10.1. The molecule has 0 aliphatic heterocycles. The molecule has 0 saturated heterocycles. The fraction of sp³-hybridized carbons (Fsp3) is 0.200. The summed E-state index contributed by atoms with van der Waals surface area (Å²) in [5.74, 6) is 1.98. The lowest BCUT2D eigenvalue weighted by atomic mass is 10.00. The van der Waals surface area contributed by atoms with Crippen molar-refractivity contribution in [2.45, 2.75) is 12.8 Å². The molecule has 0 heterocycles. The van der Waals surface area contributed by atoms with Crippen LogP contribution >= 0.6 is 0 Å². The number of benzene rings is 1. The Balaban J connectivity index is 3.31. The van der Waals surface area contributed by atoms with E-state index in [1.807, 2.05) is 0 Å². The fourth-order valence-corrected chi connectivity index (χ4v) is 1.14. The minimum atomic E-state index is -0.511. The second-order valence-electron chi connectivity index (χ2n) is 2.89. The summed E-state index contributed by atoms with van der Waals surface area (Å²) in [4.78, 5) is 10.1. The number of terminal acetylenes is 1. The molecular formula is C10H9NO3. The summed E-state index contributed by atoms with van der Waals surface area (Å²) >= 11 is 0. The molecule has 4 nitrogen and oxygen atoms in total. The van der Waals surface area contributed by atoms with Gasteiger partial charge in [0, 0.05) is 17.5 Å². The van der Waals surface area contributed by atoms with Crippen molar-refractivity contribution in [2.24, 2.45) is 0 Å². The number of phenols is 1. The molecule has 0 radical (unpaired) electrons. The Labute approximate surface area is 81.3 Å². The van der Waals surface area contributed by atoms with Crippen molar-refractivity contribution in [2.75, 3.05) is 0 Å². The number of nitro benzene ring substituents is 1. The second kappa shape index (κ2) is 3.79. The summed E-state index contributed by atoms with van der Waals surface area (Å²) in [6, 6.07) is 3.84. The van der Waals surface area contributed by atoms with Crippen LogP contribution in [0, 0.1) is 22.5 Å². The van der Waals surface area contributed by atoms with E-state index in [9.17, 15) is 15.2 Å². The van der Waals surface area contributed by atoms with E-state index in [-0.39, 0.29) is 17.4 Å². The first-order valence-electron chi connectivity index (χ1n) is 3.99. The average molecular weight is 191 g/mol. The monoisotopic (exact) mass is 191 g/mol. The van der Waals surface area contributed by atoms with Crippen LogP contribution in [-0.2, 0) is 0 Å². The van der Waals surface area contributed by atoms with Crippen LogP contribution in [0.5, 0.6) is 5.75 Å². The minimum absolute atomic E-state index is 0.0206. The summed E-state index contributed by atoms with van der Waals surface area (Å²) in [5, 5.41) is 19.8. The van der Waals surface area contributed by atoms with Crippen LogP contribution in [0.1, 0.15) is 18.4 Å². The molecule has 1 aromatic carbocycles. The molecule has 0 spiro atoms. The van der Waals surface area contributed by atoms with E-state index >= 15 is 0 Å². The van der Waals surface area contributed by atoms with Crippen molar-refractivity contribution in [3.63, 3.8) is 0 Å². The summed E-state index contributed by atoms with van der Waals surface area (Å²) in [7, 11) is 0. The highest BCUT2D eigenvalue weighted by atomic mass is 16.6. The first-order valence-corrected chi connectivity index (χ1v) is 3.99. The zero-order chi connectivity index (χ0) is 10.7. The Bertz CT molecular complexity index is 406. The SMILES string of the molecule is C#CC(C)c1cc(O)ccc1[N+](=O)[O-]. The van der Waals surface area contributed by atoms with Gasteiger partial charge in [0.15, 0.2) is 0 Å². The van der Waals surface area contributed by atoms with Gasteiger partial charge in [0.2, 0.25) is 0 Å². The van der Waals surface area contributed by atoms with E-state index in [0.717, 1.165) is 0 Å². The number of phenolic OH excluding ortho intramolecular Hbond substituents is 1. The zero-order valence-electron chi connectivity index (χ0n) is 7.60. The van der Waals surface area contributed by atoms with Gasteiger partial charge in [0.25, 0.3) is 5.69 Å². The molecule has 1 N–H and O–H groups in total. The largest absolute Gasteiger partial charge is 0.508 e. The molecule has 0 fully saturated rings. The van der Waals surface area contributed by atoms with E-state index in [4.69, 9.17) is 6.42 Å². The van der Waals surface area contributed by atoms with Gasteiger partial charge in [-0.3, -0.25) is 10.1 Å². The van der Waals surface area contributed by atoms with Gasteiger partial charge in [-0.1, -0.05) is 5.92 Å². The Morgan fingerprint density at radius 1 is 1.64 bits per heavy atom. The van der Waals surface area contributed by atoms with Crippen LogP contribution in [0.25, 0.3) is 0 Å².